The maximum atomic E-state index is 4.65. The monoisotopic (exact) mass is 354 g/mol. The normalized spacial score (nSPS) is 22.3. The summed E-state index contributed by atoms with van der Waals surface area (Å²) in [6, 6.07) is 7.42. The van der Waals surface area contributed by atoms with Gasteiger partial charge in [-0.2, -0.15) is 0 Å². The zero-order valence-corrected chi connectivity index (χ0v) is 15.7. The molecule has 1 saturated heterocycles. The third-order valence-corrected chi connectivity index (χ3v) is 5.71. The second kappa shape index (κ2) is 8.08. The Morgan fingerprint density at radius 1 is 1.27 bits per heavy atom. The largest absolute Gasteiger partial charge is 0.356 e. The van der Waals surface area contributed by atoms with E-state index in [1.807, 2.05) is 31.4 Å². The van der Waals surface area contributed by atoms with E-state index in [-0.39, 0.29) is 0 Å². The van der Waals surface area contributed by atoms with Crippen LogP contribution in [0, 0.1) is 0 Å². The van der Waals surface area contributed by atoms with Crippen LogP contribution in [-0.4, -0.2) is 59.0 Å². The summed E-state index contributed by atoms with van der Waals surface area (Å²) in [5, 5.41) is 7.05. The molecule has 1 atom stereocenters. The van der Waals surface area contributed by atoms with Crippen LogP contribution in [0.2, 0.25) is 0 Å². The summed E-state index contributed by atoms with van der Waals surface area (Å²) in [6.07, 6.45) is 11.8. The highest BCUT2D eigenvalue weighted by Gasteiger charge is 2.30. The highest BCUT2D eigenvalue weighted by Crippen LogP contribution is 2.26. The molecule has 1 saturated carbocycles. The van der Waals surface area contributed by atoms with E-state index in [1.54, 1.807) is 0 Å². The summed E-state index contributed by atoms with van der Waals surface area (Å²) >= 11 is 0. The molecule has 1 aliphatic heterocycles. The Labute approximate surface area is 155 Å². The number of rotatable bonds is 5. The summed E-state index contributed by atoms with van der Waals surface area (Å²) in [5.41, 5.74) is 2.11. The molecule has 140 valence electrons. The SMILES string of the molecule is CN=C(NCCc1cn2ccccc2n1)NC1CCN(C2CCCC2)C1. The smallest absolute Gasteiger partial charge is 0.191 e. The van der Waals surface area contributed by atoms with Crippen molar-refractivity contribution in [1.82, 2.24) is 24.9 Å². The van der Waals surface area contributed by atoms with Crippen molar-refractivity contribution in [2.45, 2.75) is 50.6 Å². The molecule has 2 N–H and O–H groups in total. The van der Waals surface area contributed by atoms with Crippen LogP contribution in [0.1, 0.15) is 37.8 Å². The lowest BCUT2D eigenvalue weighted by atomic mass is 10.2. The molecule has 2 aliphatic rings. The molecule has 0 bridgehead atoms. The van der Waals surface area contributed by atoms with Gasteiger partial charge < -0.3 is 15.0 Å². The summed E-state index contributed by atoms with van der Waals surface area (Å²) in [6.45, 7) is 3.21. The zero-order chi connectivity index (χ0) is 17.8. The molecule has 4 rings (SSSR count). The number of fused-ring (bicyclic) bond motifs is 1. The van der Waals surface area contributed by atoms with Gasteiger partial charge in [0.25, 0.3) is 0 Å². The fourth-order valence-electron chi connectivity index (χ4n) is 4.31. The molecule has 1 aliphatic carbocycles. The minimum atomic E-state index is 0.511. The molecule has 2 aromatic heterocycles. The first-order valence-electron chi connectivity index (χ1n) is 9.95. The number of pyridine rings is 1. The number of hydrogen-bond donors (Lipinski definition) is 2. The number of nitrogens with one attached hydrogen (secondary N) is 2. The second-order valence-electron chi connectivity index (χ2n) is 7.51. The van der Waals surface area contributed by atoms with Crippen LogP contribution in [-0.2, 0) is 6.42 Å². The third-order valence-electron chi connectivity index (χ3n) is 5.71. The number of hydrogen-bond acceptors (Lipinski definition) is 3. The van der Waals surface area contributed by atoms with Crippen LogP contribution >= 0.6 is 0 Å². The summed E-state index contributed by atoms with van der Waals surface area (Å²) < 4.78 is 2.07. The number of nitrogens with zero attached hydrogens (tertiary/aromatic N) is 4. The first-order chi connectivity index (χ1) is 12.8. The Bertz CT molecular complexity index is 713. The molecular formula is C20H30N6. The van der Waals surface area contributed by atoms with E-state index >= 15 is 0 Å². The third kappa shape index (κ3) is 4.01. The standard InChI is InChI=1S/C20H30N6/c1-21-20(24-17-10-13-25(14-17)18-6-2-3-7-18)22-11-9-16-15-26-12-5-4-8-19(26)23-16/h4-5,8,12,15,17-18H,2-3,6-7,9-11,13-14H2,1H3,(H2,21,22,24). The van der Waals surface area contributed by atoms with Gasteiger partial charge in [0.15, 0.2) is 5.96 Å². The lowest BCUT2D eigenvalue weighted by molar-refractivity contribution is 0.242. The lowest BCUT2D eigenvalue weighted by Gasteiger charge is -2.24. The Hall–Kier alpha value is -2.08. The van der Waals surface area contributed by atoms with Crippen LogP contribution in [0.4, 0.5) is 0 Å². The number of imidazole rings is 1. The molecule has 3 heterocycles. The Morgan fingerprint density at radius 3 is 2.96 bits per heavy atom. The van der Waals surface area contributed by atoms with Gasteiger partial charge in [0.2, 0.25) is 0 Å². The van der Waals surface area contributed by atoms with Gasteiger partial charge in [0.05, 0.1) is 5.69 Å². The summed E-state index contributed by atoms with van der Waals surface area (Å²) in [4.78, 5) is 11.7. The van der Waals surface area contributed by atoms with Gasteiger partial charge in [-0.15, -0.1) is 0 Å². The van der Waals surface area contributed by atoms with Crippen molar-refractivity contribution in [3.05, 3.63) is 36.3 Å². The van der Waals surface area contributed by atoms with Crippen molar-refractivity contribution in [3.8, 4) is 0 Å². The fraction of sp³-hybridized carbons (Fsp3) is 0.600. The van der Waals surface area contributed by atoms with E-state index < -0.39 is 0 Å². The number of guanidine groups is 1. The maximum Gasteiger partial charge on any atom is 0.191 e. The number of aliphatic imine (C=N–C) groups is 1. The van der Waals surface area contributed by atoms with Gasteiger partial charge >= 0.3 is 0 Å². The topological polar surface area (TPSA) is 57.0 Å². The Morgan fingerprint density at radius 2 is 2.15 bits per heavy atom. The minimum absolute atomic E-state index is 0.511. The zero-order valence-electron chi connectivity index (χ0n) is 15.7. The predicted octanol–water partition coefficient (Wildman–Crippen LogP) is 2.06. The van der Waals surface area contributed by atoms with Crippen LogP contribution in [0.15, 0.2) is 35.6 Å². The first kappa shape index (κ1) is 17.3. The average Bonchev–Trinajstić information content (AvgIpc) is 3.40. The quantitative estimate of drug-likeness (QED) is 0.637. The van der Waals surface area contributed by atoms with E-state index in [4.69, 9.17) is 0 Å². The molecular weight excluding hydrogens is 324 g/mol. The van der Waals surface area contributed by atoms with E-state index in [1.165, 1.54) is 38.6 Å². The Kier molecular flexibility index (Phi) is 5.39. The van der Waals surface area contributed by atoms with Crippen molar-refractivity contribution >= 4 is 11.6 Å². The van der Waals surface area contributed by atoms with Crippen LogP contribution in [0.25, 0.3) is 5.65 Å². The molecule has 6 nitrogen and oxygen atoms in total. The average molecular weight is 355 g/mol. The highest BCUT2D eigenvalue weighted by atomic mass is 15.3. The molecule has 6 heteroatoms. The second-order valence-corrected chi connectivity index (χ2v) is 7.51. The molecule has 26 heavy (non-hydrogen) atoms. The van der Waals surface area contributed by atoms with Crippen molar-refractivity contribution in [3.63, 3.8) is 0 Å². The molecule has 0 spiro atoms. The molecule has 2 fully saturated rings. The van der Waals surface area contributed by atoms with E-state index in [2.05, 4.69) is 36.1 Å². The summed E-state index contributed by atoms with van der Waals surface area (Å²) in [7, 11) is 1.85. The van der Waals surface area contributed by atoms with Crippen LogP contribution in [0.3, 0.4) is 0 Å². The van der Waals surface area contributed by atoms with E-state index in [0.29, 0.717) is 6.04 Å². The number of aromatic nitrogens is 2. The van der Waals surface area contributed by atoms with Gasteiger partial charge in [-0.3, -0.25) is 9.89 Å². The van der Waals surface area contributed by atoms with Crippen molar-refractivity contribution in [2.24, 2.45) is 4.99 Å². The van der Waals surface area contributed by atoms with Gasteiger partial charge in [0, 0.05) is 57.6 Å². The fourth-order valence-corrected chi connectivity index (χ4v) is 4.31. The molecule has 0 amide bonds. The summed E-state index contributed by atoms with van der Waals surface area (Å²) in [5.74, 6) is 0.909. The highest BCUT2D eigenvalue weighted by molar-refractivity contribution is 5.80. The van der Waals surface area contributed by atoms with Crippen molar-refractivity contribution in [2.75, 3.05) is 26.7 Å². The van der Waals surface area contributed by atoms with Crippen LogP contribution in [0.5, 0.6) is 0 Å². The van der Waals surface area contributed by atoms with Gasteiger partial charge in [-0.05, 0) is 31.4 Å². The van der Waals surface area contributed by atoms with Gasteiger partial charge in [-0.25, -0.2) is 4.98 Å². The molecule has 0 radical (unpaired) electrons. The lowest BCUT2D eigenvalue weighted by Crippen LogP contribution is -2.45. The van der Waals surface area contributed by atoms with E-state index in [9.17, 15) is 0 Å². The Balaban J connectivity index is 1.23. The molecule has 0 aromatic carbocycles. The van der Waals surface area contributed by atoms with Gasteiger partial charge in [0.1, 0.15) is 5.65 Å². The van der Waals surface area contributed by atoms with E-state index in [0.717, 1.165) is 42.9 Å². The minimum Gasteiger partial charge on any atom is -0.356 e. The first-order valence-corrected chi connectivity index (χ1v) is 9.95. The maximum absolute atomic E-state index is 4.65. The predicted molar refractivity (Wildman–Crippen MR) is 106 cm³/mol. The van der Waals surface area contributed by atoms with Gasteiger partial charge in [-0.1, -0.05) is 18.9 Å². The van der Waals surface area contributed by atoms with Crippen molar-refractivity contribution < 1.29 is 0 Å². The molecule has 2 aromatic rings. The molecule has 1 unspecified atom stereocenters. The van der Waals surface area contributed by atoms with Crippen molar-refractivity contribution in [1.29, 1.82) is 0 Å². The van der Waals surface area contributed by atoms with Crippen LogP contribution < -0.4 is 10.6 Å². The number of likely N-dealkylation sites (tertiary alicyclic amines) is 1.